The van der Waals surface area contributed by atoms with Gasteiger partial charge >= 0.3 is 0 Å². The average Bonchev–Trinajstić information content (AvgIpc) is 2.76. The minimum absolute atomic E-state index is 0.103. The Morgan fingerprint density at radius 3 is 2.80 bits per heavy atom. The molecule has 3 rings (SSSR count). The topological polar surface area (TPSA) is 32.3 Å². The number of carbonyl (C=O) groups excluding carboxylic acids is 1. The van der Waals surface area contributed by atoms with E-state index in [1.165, 1.54) is 22.9 Å². The van der Waals surface area contributed by atoms with E-state index in [1.807, 2.05) is 6.08 Å². The van der Waals surface area contributed by atoms with Crippen LogP contribution in [0.15, 0.2) is 34.9 Å². The summed E-state index contributed by atoms with van der Waals surface area (Å²) in [5.74, 6) is -0.103. The Morgan fingerprint density at radius 1 is 1.35 bits per heavy atom. The molecule has 1 amide bonds. The zero-order valence-corrected chi connectivity index (χ0v) is 12.9. The highest BCUT2D eigenvalue weighted by molar-refractivity contribution is 8.26. The van der Waals surface area contributed by atoms with Crippen molar-refractivity contribution in [1.82, 2.24) is 5.32 Å². The summed E-state index contributed by atoms with van der Waals surface area (Å²) < 4.78 is 0.525. The quantitative estimate of drug-likeness (QED) is 0.638. The van der Waals surface area contributed by atoms with Crippen molar-refractivity contribution in [2.75, 3.05) is 11.4 Å². The second kappa shape index (κ2) is 5.07. The van der Waals surface area contributed by atoms with Gasteiger partial charge in [-0.2, -0.15) is 0 Å². The van der Waals surface area contributed by atoms with Crippen LogP contribution in [-0.4, -0.2) is 16.8 Å². The Morgan fingerprint density at radius 2 is 2.15 bits per heavy atom. The van der Waals surface area contributed by atoms with Crippen molar-refractivity contribution in [2.45, 2.75) is 13.8 Å². The van der Waals surface area contributed by atoms with Gasteiger partial charge in [0.25, 0.3) is 5.91 Å². The third kappa shape index (κ3) is 2.17. The molecule has 2 aliphatic rings. The SMILES string of the molecule is CCN1C(=C2SC(=S)NC2=O)C=Cc2cc(C)ccc21. The molecule has 0 bridgehead atoms. The normalized spacial score (nSPS) is 21.2. The lowest BCUT2D eigenvalue weighted by Gasteiger charge is -2.30. The van der Waals surface area contributed by atoms with Gasteiger partial charge in [0.2, 0.25) is 0 Å². The van der Waals surface area contributed by atoms with E-state index in [2.05, 4.69) is 48.3 Å². The summed E-state index contributed by atoms with van der Waals surface area (Å²) in [6.45, 7) is 4.97. The second-order valence-corrected chi connectivity index (χ2v) is 6.39. The van der Waals surface area contributed by atoms with Gasteiger partial charge in [0.15, 0.2) is 0 Å². The molecule has 1 aromatic carbocycles. The van der Waals surface area contributed by atoms with E-state index in [9.17, 15) is 4.79 Å². The fraction of sp³-hybridized carbons (Fsp3) is 0.200. The number of thiocarbonyl (C=S) groups is 1. The largest absolute Gasteiger partial charge is 0.340 e. The smallest absolute Gasteiger partial charge is 0.265 e. The molecular formula is C15H14N2OS2. The highest BCUT2D eigenvalue weighted by Gasteiger charge is 2.29. The summed E-state index contributed by atoms with van der Waals surface area (Å²) in [6, 6.07) is 6.35. The fourth-order valence-corrected chi connectivity index (χ4v) is 3.56. The first kappa shape index (κ1) is 13.4. The molecule has 0 aliphatic carbocycles. The van der Waals surface area contributed by atoms with Crippen molar-refractivity contribution >= 4 is 46.0 Å². The third-order valence-corrected chi connectivity index (χ3v) is 4.59. The molecule has 0 unspecified atom stereocenters. The van der Waals surface area contributed by atoms with Crippen LogP contribution in [0.1, 0.15) is 18.1 Å². The summed E-state index contributed by atoms with van der Waals surface area (Å²) in [5.41, 5.74) is 4.47. The van der Waals surface area contributed by atoms with Gasteiger partial charge in [-0.15, -0.1) is 0 Å². The van der Waals surface area contributed by atoms with Crippen LogP contribution in [0.5, 0.6) is 0 Å². The summed E-state index contributed by atoms with van der Waals surface area (Å²) in [7, 11) is 0. The van der Waals surface area contributed by atoms with Crippen LogP contribution in [0.4, 0.5) is 5.69 Å². The van der Waals surface area contributed by atoms with Gasteiger partial charge in [-0.3, -0.25) is 4.79 Å². The molecule has 3 nitrogen and oxygen atoms in total. The van der Waals surface area contributed by atoms with Gasteiger partial charge in [0.1, 0.15) is 9.23 Å². The van der Waals surface area contributed by atoms with E-state index in [4.69, 9.17) is 12.2 Å². The van der Waals surface area contributed by atoms with Crippen LogP contribution < -0.4 is 10.2 Å². The van der Waals surface area contributed by atoms with E-state index in [-0.39, 0.29) is 5.91 Å². The molecule has 0 spiro atoms. The number of likely N-dealkylation sites (N-methyl/N-ethyl adjacent to an activating group) is 1. The Hall–Kier alpha value is -1.59. The van der Waals surface area contributed by atoms with Crippen molar-refractivity contribution < 1.29 is 4.79 Å². The number of amides is 1. The number of fused-ring (bicyclic) bond motifs is 1. The Labute approximate surface area is 127 Å². The second-order valence-electron chi connectivity index (χ2n) is 4.70. The van der Waals surface area contributed by atoms with E-state index in [0.717, 1.165) is 17.9 Å². The van der Waals surface area contributed by atoms with Crippen molar-refractivity contribution in [3.05, 3.63) is 46.0 Å². The molecule has 2 heterocycles. The van der Waals surface area contributed by atoms with Crippen LogP contribution in [0.2, 0.25) is 0 Å². The molecule has 1 saturated heterocycles. The molecule has 1 fully saturated rings. The predicted molar refractivity (Wildman–Crippen MR) is 88.6 cm³/mol. The van der Waals surface area contributed by atoms with Crippen molar-refractivity contribution in [3.63, 3.8) is 0 Å². The Bertz CT molecular complexity index is 676. The third-order valence-electron chi connectivity index (χ3n) is 3.35. The maximum Gasteiger partial charge on any atom is 0.265 e. The minimum Gasteiger partial charge on any atom is -0.340 e. The molecule has 0 aromatic heterocycles. The number of thioether (sulfide) groups is 1. The summed E-state index contributed by atoms with van der Waals surface area (Å²) in [6.07, 6.45) is 4.06. The Balaban J connectivity index is 2.13. The highest BCUT2D eigenvalue weighted by atomic mass is 32.2. The average molecular weight is 302 g/mol. The van der Waals surface area contributed by atoms with Crippen LogP contribution in [0, 0.1) is 6.92 Å². The number of carbonyl (C=O) groups is 1. The number of hydrogen-bond acceptors (Lipinski definition) is 4. The maximum atomic E-state index is 12.0. The number of anilines is 1. The zero-order valence-electron chi connectivity index (χ0n) is 11.3. The van der Waals surface area contributed by atoms with E-state index in [1.54, 1.807) is 0 Å². The summed E-state index contributed by atoms with van der Waals surface area (Å²) >= 11 is 6.40. The monoisotopic (exact) mass is 302 g/mol. The molecule has 20 heavy (non-hydrogen) atoms. The molecule has 0 radical (unpaired) electrons. The first-order valence-corrected chi connectivity index (χ1v) is 7.66. The number of benzene rings is 1. The van der Waals surface area contributed by atoms with Gasteiger partial charge in [-0.25, -0.2) is 0 Å². The Kier molecular flexibility index (Phi) is 3.40. The van der Waals surface area contributed by atoms with Gasteiger partial charge in [0, 0.05) is 12.2 Å². The lowest BCUT2D eigenvalue weighted by Crippen LogP contribution is -2.27. The number of rotatable bonds is 1. The van der Waals surface area contributed by atoms with Crippen molar-refractivity contribution in [2.24, 2.45) is 0 Å². The van der Waals surface area contributed by atoms with E-state index in [0.29, 0.717) is 9.23 Å². The van der Waals surface area contributed by atoms with Crippen LogP contribution in [0.25, 0.3) is 6.08 Å². The standard InChI is InChI=1S/C15H14N2OS2/c1-3-17-11-6-4-9(2)8-10(11)5-7-12(17)13-14(18)16-15(19)20-13/h4-8H,3H2,1-2H3,(H,16,18,19). The number of aryl methyl sites for hydroxylation is 1. The summed E-state index contributed by atoms with van der Waals surface area (Å²) in [4.78, 5) is 14.8. The molecule has 0 saturated carbocycles. The number of hydrogen-bond donors (Lipinski definition) is 1. The molecule has 2 aliphatic heterocycles. The van der Waals surface area contributed by atoms with Gasteiger partial charge in [-0.05, 0) is 37.6 Å². The van der Waals surface area contributed by atoms with Crippen molar-refractivity contribution in [1.29, 1.82) is 0 Å². The molecule has 5 heteroatoms. The first-order chi connectivity index (χ1) is 9.60. The van der Waals surface area contributed by atoms with Crippen LogP contribution >= 0.6 is 24.0 Å². The van der Waals surface area contributed by atoms with Gasteiger partial charge < -0.3 is 10.2 Å². The highest BCUT2D eigenvalue weighted by Crippen LogP contribution is 2.37. The van der Waals surface area contributed by atoms with Gasteiger partial charge in [-0.1, -0.05) is 41.7 Å². The van der Waals surface area contributed by atoms with E-state index >= 15 is 0 Å². The number of nitrogens with zero attached hydrogens (tertiary/aromatic N) is 1. The van der Waals surface area contributed by atoms with Crippen LogP contribution in [0.3, 0.4) is 0 Å². The van der Waals surface area contributed by atoms with E-state index < -0.39 is 0 Å². The maximum absolute atomic E-state index is 12.0. The number of nitrogens with one attached hydrogen (secondary N) is 1. The molecular weight excluding hydrogens is 288 g/mol. The molecule has 102 valence electrons. The minimum atomic E-state index is -0.103. The molecule has 1 N–H and O–H groups in total. The zero-order chi connectivity index (χ0) is 14.3. The van der Waals surface area contributed by atoms with Crippen LogP contribution in [-0.2, 0) is 4.79 Å². The predicted octanol–water partition coefficient (Wildman–Crippen LogP) is 3.21. The molecule has 0 atom stereocenters. The fourth-order valence-electron chi connectivity index (χ4n) is 2.46. The van der Waals surface area contributed by atoms with Gasteiger partial charge in [0.05, 0.1) is 5.70 Å². The van der Waals surface area contributed by atoms with Crippen molar-refractivity contribution in [3.8, 4) is 0 Å². The summed E-state index contributed by atoms with van der Waals surface area (Å²) in [5, 5.41) is 2.68. The molecule has 1 aromatic rings. The lowest BCUT2D eigenvalue weighted by molar-refractivity contribution is -0.115. The lowest BCUT2D eigenvalue weighted by atomic mass is 10.0. The first-order valence-electron chi connectivity index (χ1n) is 6.44. The number of allylic oxidation sites excluding steroid dienone is 1.